The number of aromatic amines is 1. The van der Waals surface area contributed by atoms with Gasteiger partial charge in [0.25, 0.3) is 0 Å². The lowest BCUT2D eigenvalue weighted by Gasteiger charge is -2.01. The highest BCUT2D eigenvalue weighted by Gasteiger charge is 2.39. The Hall–Kier alpha value is -1.36. The maximum absolute atomic E-state index is 11.3. The van der Waals surface area contributed by atoms with E-state index in [0.29, 0.717) is 6.54 Å². The molecule has 4 N–H and O–H groups in total. The van der Waals surface area contributed by atoms with Crippen LogP contribution in [0.5, 0.6) is 0 Å². The predicted molar refractivity (Wildman–Crippen MR) is 46.5 cm³/mol. The number of amides is 1. The maximum Gasteiger partial charge on any atom is 0.225 e. The number of H-pyrrole nitrogens is 1. The van der Waals surface area contributed by atoms with Crippen LogP contribution in [0.4, 0.5) is 0 Å². The summed E-state index contributed by atoms with van der Waals surface area (Å²) in [4.78, 5) is 11.3. The van der Waals surface area contributed by atoms with Crippen molar-refractivity contribution in [3.05, 3.63) is 18.0 Å². The Kier molecular flexibility index (Phi) is 2.02. The molecule has 1 aliphatic rings. The zero-order valence-corrected chi connectivity index (χ0v) is 7.16. The molecule has 2 rings (SSSR count). The molecular weight excluding hydrogens is 168 g/mol. The van der Waals surface area contributed by atoms with Crippen molar-refractivity contribution in [2.75, 3.05) is 0 Å². The Balaban J connectivity index is 1.77. The first-order valence-electron chi connectivity index (χ1n) is 4.29. The summed E-state index contributed by atoms with van der Waals surface area (Å²) in [5.41, 5.74) is 6.44. The summed E-state index contributed by atoms with van der Waals surface area (Å²) in [6.07, 6.45) is 2.47. The zero-order valence-electron chi connectivity index (χ0n) is 7.16. The average Bonchev–Trinajstić information content (AvgIpc) is 2.68. The SMILES string of the molecule is NC1CC1C(=O)NCc1ccn[nH]1. The molecule has 0 aromatic carbocycles. The van der Waals surface area contributed by atoms with Crippen LogP contribution in [0.25, 0.3) is 0 Å². The van der Waals surface area contributed by atoms with Crippen molar-refractivity contribution in [2.45, 2.75) is 19.0 Å². The summed E-state index contributed by atoms with van der Waals surface area (Å²) in [6, 6.07) is 1.90. The van der Waals surface area contributed by atoms with Crippen molar-refractivity contribution < 1.29 is 4.79 Å². The van der Waals surface area contributed by atoms with Gasteiger partial charge < -0.3 is 11.1 Å². The summed E-state index contributed by atoms with van der Waals surface area (Å²) < 4.78 is 0. The minimum atomic E-state index is 0.0305. The lowest BCUT2D eigenvalue weighted by Crippen LogP contribution is -2.27. The number of carbonyl (C=O) groups is 1. The third-order valence-corrected chi connectivity index (χ3v) is 2.19. The Morgan fingerprint density at radius 3 is 3.15 bits per heavy atom. The van der Waals surface area contributed by atoms with Gasteiger partial charge >= 0.3 is 0 Å². The van der Waals surface area contributed by atoms with Crippen molar-refractivity contribution in [2.24, 2.45) is 11.7 Å². The number of nitrogens with one attached hydrogen (secondary N) is 2. The summed E-state index contributed by atoms with van der Waals surface area (Å²) >= 11 is 0. The van der Waals surface area contributed by atoms with Gasteiger partial charge in [0.05, 0.1) is 18.2 Å². The van der Waals surface area contributed by atoms with Crippen LogP contribution < -0.4 is 11.1 Å². The molecule has 1 amide bonds. The van der Waals surface area contributed by atoms with E-state index in [4.69, 9.17) is 5.73 Å². The van der Waals surface area contributed by atoms with Crippen LogP contribution in [-0.4, -0.2) is 22.1 Å². The fourth-order valence-electron chi connectivity index (χ4n) is 1.21. The van der Waals surface area contributed by atoms with Crippen LogP contribution in [0.15, 0.2) is 12.3 Å². The summed E-state index contributed by atoms with van der Waals surface area (Å²) in [6.45, 7) is 0.502. The van der Waals surface area contributed by atoms with Crippen molar-refractivity contribution >= 4 is 5.91 Å². The van der Waals surface area contributed by atoms with E-state index in [0.717, 1.165) is 12.1 Å². The molecule has 0 saturated heterocycles. The average molecular weight is 180 g/mol. The Morgan fingerprint density at radius 2 is 2.62 bits per heavy atom. The molecule has 13 heavy (non-hydrogen) atoms. The van der Waals surface area contributed by atoms with Crippen LogP contribution in [0.1, 0.15) is 12.1 Å². The molecule has 1 aliphatic carbocycles. The molecule has 5 nitrogen and oxygen atoms in total. The number of hydrogen-bond acceptors (Lipinski definition) is 3. The van der Waals surface area contributed by atoms with Crippen LogP contribution in [0.3, 0.4) is 0 Å². The molecule has 1 aromatic heterocycles. The van der Waals surface area contributed by atoms with E-state index in [-0.39, 0.29) is 17.9 Å². The highest BCUT2D eigenvalue weighted by atomic mass is 16.2. The molecular formula is C8H12N4O. The van der Waals surface area contributed by atoms with E-state index >= 15 is 0 Å². The van der Waals surface area contributed by atoms with Crippen molar-refractivity contribution in [3.8, 4) is 0 Å². The maximum atomic E-state index is 11.3. The van der Waals surface area contributed by atoms with Gasteiger partial charge in [-0.3, -0.25) is 9.89 Å². The Bertz CT molecular complexity index is 295. The van der Waals surface area contributed by atoms with Gasteiger partial charge in [0.2, 0.25) is 5.91 Å². The molecule has 1 fully saturated rings. The number of carbonyl (C=O) groups excluding carboxylic acids is 1. The fraction of sp³-hybridized carbons (Fsp3) is 0.500. The first-order valence-corrected chi connectivity index (χ1v) is 4.29. The van der Waals surface area contributed by atoms with E-state index in [2.05, 4.69) is 15.5 Å². The van der Waals surface area contributed by atoms with E-state index in [1.165, 1.54) is 0 Å². The molecule has 5 heteroatoms. The quantitative estimate of drug-likeness (QED) is 0.579. The second kappa shape index (κ2) is 3.18. The second-order valence-electron chi connectivity index (χ2n) is 3.31. The van der Waals surface area contributed by atoms with Crippen LogP contribution >= 0.6 is 0 Å². The summed E-state index contributed by atoms with van der Waals surface area (Å²) in [5.74, 6) is 0.0741. The third-order valence-electron chi connectivity index (χ3n) is 2.19. The van der Waals surface area contributed by atoms with Crippen LogP contribution in [0.2, 0.25) is 0 Å². The topological polar surface area (TPSA) is 83.8 Å². The number of rotatable bonds is 3. The van der Waals surface area contributed by atoms with Gasteiger partial charge in [-0.15, -0.1) is 0 Å². The smallest absolute Gasteiger partial charge is 0.225 e. The van der Waals surface area contributed by atoms with Crippen molar-refractivity contribution in [1.82, 2.24) is 15.5 Å². The van der Waals surface area contributed by atoms with Gasteiger partial charge in [0.15, 0.2) is 0 Å². The first-order chi connectivity index (χ1) is 6.27. The molecule has 0 bridgehead atoms. The van der Waals surface area contributed by atoms with Crippen LogP contribution in [-0.2, 0) is 11.3 Å². The first kappa shape index (κ1) is 8.25. The lowest BCUT2D eigenvalue weighted by atomic mass is 10.3. The summed E-state index contributed by atoms with van der Waals surface area (Å²) in [5, 5.41) is 9.33. The molecule has 1 heterocycles. The molecule has 0 radical (unpaired) electrons. The van der Waals surface area contributed by atoms with Gasteiger partial charge in [-0.25, -0.2) is 0 Å². The van der Waals surface area contributed by atoms with Gasteiger partial charge in [-0.2, -0.15) is 5.10 Å². The molecule has 70 valence electrons. The molecule has 0 aliphatic heterocycles. The Labute approximate surface area is 75.7 Å². The summed E-state index contributed by atoms with van der Waals surface area (Å²) in [7, 11) is 0. The molecule has 2 atom stereocenters. The highest BCUT2D eigenvalue weighted by molar-refractivity contribution is 5.82. The lowest BCUT2D eigenvalue weighted by molar-refractivity contribution is -0.122. The van der Waals surface area contributed by atoms with E-state index in [1.54, 1.807) is 6.20 Å². The van der Waals surface area contributed by atoms with Crippen LogP contribution in [0, 0.1) is 5.92 Å². The van der Waals surface area contributed by atoms with E-state index in [1.807, 2.05) is 6.07 Å². The second-order valence-corrected chi connectivity index (χ2v) is 3.31. The molecule has 0 spiro atoms. The number of aromatic nitrogens is 2. The van der Waals surface area contributed by atoms with Gasteiger partial charge in [0.1, 0.15) is 0 Å². The number of nitrogens with zero attached hydrogens (tertiary/aromatic N) is 1. The standard InChI is InChI=1S/C8H12N4O/c9-7-3-6(7)8(13)10-4-5-1-2-11-12-5/h1-2,6-7H,3-4,9H2,(H,10,13)(H,11,12). The fourth-order valence-corrected chi connectivity index (χ4v) is 1.21. The van der Waals surface area contributed by atoms with E-state index < -0.39 is 0 Å². The number of nitrogens with two attached hydrogens (primary N) is 1. The number of hydrogen-bond donors (Lipinski definition) is 3. The largest absolute Gasteiger partial charge is 0.350 e. The van der Waals surface area contributed by atoms with E-state index in [9.17, 15) is 4.79 Å². The molecule has 1 aromatic rings. The van der Waals surface area contributed by atoms with Crippen molar-refractivity contribution in [1.29, 1.82) is 0 Å². The van der Waals surface area contributed by atoms with Gasteiger partial charge in [0, 0.05) is 12.2 Å². The van der Waals surface area contributed by atoms with Gasteiger partial charge in [-0.1, -0.05) is 0 Å². The minimum absolute atomic E-state index is 0.0305. The molecule has 2 unspecified atom stereocenters. The zero-order chi connectivity index (χ0) is 9.26. The third kappa shape index (κ3) is 1.86. The monoisotopic (exact) mass is 180 g/mol. The highest BCUT2D eigenvalue weighted by Crippen LogP contribution is 2.27. The predicted octanol–water partition coefficient (Wildman–Crippen LogP) is -0.627. The minimum Gasteiger partial charge on any atom is -0.350 e. The molecule has 1 saturated carbocycles. The van der Waals surface area contributed by atoms with Gasteiger partial charge in [-0.05, 0) is 12.5 Å². The van der Waals surface area contributed by atoms with Crippen molar-refractivity contribution in [3.63, 3.8) is 0 Å². The Morgan fingerprint density at radius 1 is 1.85 bits per heavy atom. The normalized spacial score (nSPS) is 25.6.